The Labute approximate surface area is 164 Å². The van der Waals surface area contributed by atoms with Crippen LogP contribution in [0.1, 0.15) is 51.9 Å². The maximum atomic E-state index is 12.1. The normalized spacial score (nSPS) is 29.7. The average Bonchev–Trinajstić information content (AvgIpc) is 2.92. The van der Waals surface area contributed by atoms with E-state index in [2.05, 4.69) is 16.7 Å². The number of alkyl halides is 3. The van der Waals surface area contributed by atoms with Gasteiger partial charge in [0.2, 0.25) is 5.91 Å². The highest BCUT2D eigenvalue weighted by atomic mass is 19.4. The molecule has 0 unspecified atom stereocenters. The standard InChI is InChI=1S/C17H30N2O2.C2HF3O2/c1-3-15-17(9-5-16(20)18(17)2)8-4-10-19(15)13-14-6-11-21-12-7-14;3-2(4,5)1(6)7/h14-15H,3-13H2,1-2H3;(H,6,7)/t15-,17-;/m0./s1. The number of carbonyl (C=O) groups excluding carboxylic acids is 1. The molecule has 0 aliphatic carbocycles. The lowest BCUT2D eigenvalue weighted by Gasteiger charge is -2.52. The molecule has 1 amide bonds. The number of hydrogen-bond donors (Lipinski definition) is 1. The Morgan fingerprint density at radius 1 is 1.29 bits per heavy atom. The summed E-state index contributed by atoms with van der Waals surface area (Å²) < 4.78 is 37.2. The average molecular weight is 408 g/mol. The first kappa shape index (κ1) is 22.9. The number of aliphatic carboxylic acids is 1. The molecule has 28 heavy (non-hydrogen) atoms. The number of carboxylic acids is 1. The molecule has 0 aromatic carbocycles. The van der Waals surface area contributed by atoms with E-state index >= 15 is 0 Å². The smallest absolute Gasteiger partial charge is 0.475 e. The zero-order valence-electron chi connectivity index (χ0n) is 16.6. The van der Waals surface area contributed by atoms with Crippen molar-refractivity contribution in [1.82, 2.24) is 9.80 Å². The second kappa shape index (κ2) is 9.43. The molecule has 2 atom stereocenters. The number of carboxylic acid groups (broad SMARTS) is 1. The number of likely N-dealkylation sites (N-methyl/N-ethyl adjacent to an activating group) is 1. The molecule has 0 saturated carbocycles. The van der Waals surface area contributed by atoms with Crippen LogP contribution in [0.3, 0.4) is 0 Å². The van der Waals surface area contributed by atoms with Crippen LogP contribution in [0.4, 0.5) is 13.2 Å². The van der Waals surface area contributed by atoms with E-state index in [4.69, 9.17) is 14.6 Å². The van der Waals surface area contributed by atoms with E-state index in [0.29, 0.717) is 11.9 Å². The van der Waals surface area contributed by atoms with Crippen LogP contribution < -0.4 is 0 Å². The third-order valence-corrected chi connectivity index (χ3v) is 6.39. The molecule has 0 bridgehead atoms. The van der Waals surface area contributed by atoms with Gasteiger partial charge in [0.25, 0.3) is 0 Å². The predicted molar refractivity (Wildman–Crippen MR) is 96.9 cm³/mol. The fraction of sp³-hybridized carbons (Fsp3) is 0.895. The SMILES string of the molecule is CC[C@@H]1N(CC2CCOCC2)CCC[C@]12CCC(=O)N2C.O=C(O)C(F)(F)F. The first-order valence-electron chi connectivity index (χ1n) is 10.0. The van der Waals surface area contributed by atoms with Crippen LogP contribution >= 0.6 is 0 Å². The van der Waals surface area contributed by atoms with Gasteiger partial charge in [-0.3, -0.25) is 9.69 Å². The van der Waals surface area contributed by atoms with Crippen LogP contribution in [0.15, 0.2) is 0 Å². The quantitative estimate of drug-likeness (QED) is 0.778. The molecule has 1 N–H and O–H groups in total. The highest BCUT2D eigenvalue weighted by Crippen LogP contribution is 2.42. The molecule has 0 aromatic heterocycles. The third-order valence-electron chi connectivity index (χ3n) is 6.39. The summed E-state index contributed by atoms with van der Waals surface area (Å²) in [4.78, 5) is 25.8. The maximum Gasteiger partial charge on any atom is 0.490 e. The molecule has 3 heterocycles. The van der Waals surface area contributed by atoms with Gasteiger partial charge < -0.3 is 14.7 Å². The number of carbonyl (C=O) groups is 2. The predicted octanol–water partition coefficient (Wildman–Crippen LogP) is 2.91. The third kappa shape index (κ3) is 5.17. The second-order valence-corrected chi connectivity index (χ2v) is 7.94. The Morgan fingerprint density at radius 3 is 2.36 bits per heavy atom. The monoisotopic (exact) mass is 408 g/mol. The van der Waals surface area contributed by atoms with E-state index in [9.17, 15) is 18.0 Å². The van der Waals surface area contributed by atoms with Crippen LogP contribution in [-0.4, -0.2) is 77.9 Å². The van der Waals surface area contributed by atoms with Crippen molar-refractivity contribution in [3.63, 3.8) is 0 Å². The van der Waals surface area contributed by atoms with Gasteiger partial charge in [-0.25, -0.2) is 4.79 Å². The van der Waals surface area contributed by atoms with Crippen LogP contribution in [-0.2, 0) is 14.3 Å². The molecule has 3 fully saturated rings. The minimum Gasteiger partial charge on any atom is -0.475 e. The highest BCUT2D eigenvalue weighted by Gasteiger charge is 2.51. The van der Waals surface area contributed by atoms with Crippen molar-refractivity contribution in [2.45, 2.75) is 69.6 Å². The molecule has 1 spiro atoms. The second-order valence-electron chi connectivity index (χ2n) is 7.94. The van der Waals surface area contributed by atoms with E-state index < -0.39 is 12.1 Å². The fourth-order valence-electron chi connectivity index (χ4n) is 4.96. The van der Waals surface area contributed by atoms with Crippen molar-refractivity contribution in [2.75, 3.05) is 33.4 Å². The fourth-order valence-corrected chi connectivity index (χ4v) is 4.96. The molecule has 3 aliphatic heterocycles. The van der Waals surface area contributed by atoms with Crippen molar-refractivity contribution in [3.05, 3.63) is 0 Å². The van der Waals surface area contributed by atoms with Gasteiger partial charge in [0.15, 0.2) is 0 Å². The number of halogens is 3. The summed E-state index contributed by atoms with van der Waals surface area (Å²) in [6, 6.07) is 0.547. The number of ether oxygens (including phenoxy) is 1. The van der Waals surface area contributed by atoms with Crippen molar-refractivity contribution in [3.8, 4) is 0 Å². The van der Waals surface area contributed by atoms with Crippen molar-refractivity contribution in [1.29, 1.82) is 0 Å². The first-order valence-corrected chi connectivity index (χ1v) is 10.0. The van der Waals surface area contributed by atoms with E-state index in [1.807, 2.05) is 7.05 Å². The Hall–Kier alpha value is -1.35. The summed E-state index contributed by atoms with van der Waals surface area (Å²) >= 11 is 0. The van der Waals surface area contributed by atoms with Gasteiger partial charge in [0, 0.05) is 39.3 Å². The maximum absolute atomic E-state index is 12.1. The molecule has 0 aromatic rings. The van der Waals surface area contributed by atoms with E-state index in [0.717, 1.165) is 38.4 Å². The van der Waals surface area contributed by atoms with Crippen molar-refractivity contribution >= 4 is 11.9 Å². The molecule has 9 heteroatoms. The molecule has 3 saturated heterocycles. The number of rotatable bonds is 3. The molecule has 3 aliphatic rings. The molecular weight excluding hydrogens is 377 g/mol. The van der Waals surface area contributed by atoms with Crippen LogP contribution in [0.25, 0.3) is 0 Å². The highest BCUT2D eigenvalue weighted by molar-refractivity contribution is 5.79. The summed E-state index contributed by atoms with van der Waals surface area (Å²) in [6.07, 6.45) is 2.71. The zero-order chi connectivity index (χ0) is 20.9. The number of nitrogens with zero attached hydrogens (tertiary/aromatic N) is 2. The molecule has 6 nitrogen and oxygen atoms in total. The van der Waals surface area contributed by atoms with Crippen LogP contribution in [0.2, 0.25) is 0 Å². The van der Waals surface area contributed by atoms with Gasteiger partial charge in [-0.1, -0.05) is 6.92 Å². The van der Waals surface area contributed by atoms with Gasteiger partial charge in [-0.15, -0.1) is 0 Å². The van der Waals surface area contributed by atoms with Gasteiger partial charge in [-0.05, 0) is 51.0 Å². The summed E-state index contributed by atoms with van der Waals surface area (Å²) in [5.41, 5.74) is 0.120. The Morgan fingerprint density at radius 2 is 1.89 bits per heavy atom. The summed E-state index contributed by atoms with van der Waals surface area (Å²) in [6.45, 7) is 6.56. The Bertz CT molecular complexity index is 552. The Balaban J connectivity index is 0.000000345. The topological polar surface area (TPSA) is 70.1 Å². The minimum atomic E-state index is -5.08. The van der Waals surface area contributed by atoms with Gasteiger partial charge in [0.05, 0.1) is 5.54 Å². The Kier molecular flexibility index (Phi) is 7.73. The van der Waals surface area contributed by atoms with Gasteiger partial charge >= 0.3 is 12.1 Å². The lowest BCUT2D eigenvalue weighted by atomic mass is 9.77. The first-order chi connectivity index (χ1) is 13.1. The van der Waals surface area contributed by atoms with Crippen LogP contribution in [0, 0.1) is 5.92 Å². The largest absolute Gasteiger partial charge is 0.490 e. The number of amides is 1. The summed E-state index contributed by atoms with van der Waals surface area (Å²) in [7, 11) is 2.04. The molecule has 162 valence electrons. The molecule has 3 rings (SSSR count). The molecular formula is C19H31F3N2O4. The minimum absolute atomic E-state index is 0.120. The van der Waals surface area contributed by atoms with Gasteiger partial charge in [0.1, 0.15) is 0 Å². The number of likely N-dealkylation sites (tertiary alicyclic amines) is 2. The number of hydrogen-bond acceptors (Lipinski definition) is 4. The summed E-state index contributed by atoms with van der Waals surface area (Å²) in [5, 5.41) is 7.12. The van der Waals surface area contributed by atoms with Crippen molar-refractivity contribution < 1.29 is 32.6 Å². The van der Waals surface area contributed by atoms with Gasteiger partial charge in [-0.2, -0.15) is 13.2 Å². The van der Waals surface area contributed by atoms with Crippen LogP contribution in [0.5, 0.6) is 0 Å². The molecule has 0 radical (unpaired) electrons. The summed E-state index contributed by atoms with van der Waals surface area (Å²) in [5.74, 6) is -1.63. The number of piperidine rings is 1. The van der Waals surface area contributed by atoms with E-state index in [-0.39, 0.29) is 5.54 Å². The zero-order valence-corrected chi connectivity index (χ0v) is 16.6. The lowest BCUT2D eigenvalue weighted by Crippen LogP contribution is -2.62. The van der Waals surface area contributed by atoms with E-state index in [1.165, 1.54) is 38.8 Å². The van der Waals surface area contributed by atoms with Crippen molar-refractivity contribution in [2.24, 2.45) is 5.92 Å². The van der Waals surface area contributed by atoms with E-state index in [1.54, 1.807) is 0 Å². The lowest BCUT2D eigenvalue weighted by molar-refractivity contribution is -0.192.